The number of nitrogens with zero attached hydrogens (tertiary/aromatic N) is 4. The van der Waals surface area contributed by atoms with E-state index < -0.39 is 17.5 Å². The van der Waals surface area contributed by atoms with Crippen molar-refractivity contribution >= 4 is 5.91 Å². The molecule has 0 spiro atoms. The fourth-order valence-electron chi connectivity index (χ4n) is 2.08. The lowest BCUT2D eigenvalue weighted by Gasteiger charge is -2.02. The SMILES string of the molecule is O=C(NCCCn1ccnn1)c1cc(-c2ccc(F)cc2F)on1. The van der Waals surface area contributed by atoms with E-state index in [4.69, 9.17) is 4.52 Å². The highest BCUT2D eigenvalue weighted by molar-refractivity contribution is 5.93. The zero-order chi connectivity index (χ0) is 16.9. The predicted molar refractivity (Wildman–Crippen MR) is 78.8 cm³/mol. The quantitative estimate of drug-likeness (QED) is 0.698. The Morgan fingerprint density at radius 3 is 2.92 bits per heavy atom. The number of rotatable bonds is 6. The van der Waals surface area contributed by atoms with Crippen molar-refractivity contribution in [2.75, 3.05) is 6.54 Å². The van der Waals surface area contributed by atoms with Crippen LogP contribution >= 0.6 is 0 Å². The number of hydrogen-bond donors (Lipinski definition) is 1. The largest absolute Gasteiger partial charge is 0.355 e. The van der Waals surface area contributed by atoms with Crippen molar-refractivity contribution in [2.24, 2.45) is 0 Å². The zero-order valence-corrected chi connectivity index (χ0v) is 12.4. The van der Waals surface area contributed by atoms with Gasteiger partial charge in [0.2, 0.25) is 0 Å². The number of carbonyl (C=O) groups is 1. The van der Waals surface area contributed by atoms with E-state index in [2.05, 4.69) is 20.8 Å². The van der Waals surface area contributed by atoms with E-state index in [0.717, 1.165) is 12.1 Å². The molecule has 0 atom stereocenters. The normalized spacial score (nSPS) is 10.8. The molecule has 2 heterocycles. The summed E-state index contributed by atoms with van der Waals surface area (Å²) in [6, 6.07) is 4.38. The molecular formula is C15H13F2N5O2. The molecule has 0 radical (unpaired) electrons. The van der Waals surface area contributed by atoms with Gasteiger partial charge in [0.25, 0.3) is 5.91 Å². The van der Waals surface area contributed by atoms with Gasteiger partial charge in [-0.05, 0) is 18.6 Å². The van der Waals surface area contributed by atoms with E-state index in [1.807, 2.05) is 0 Å². The van der Waals surface area contributed by atoms with Crippen LogP contribution in [-0.2, 0) is 6.54 Å². The Labute approximate surface area is 135 Å². The summed E-state index contributed by atoms with van der Waals surface area (Å²) in [4.78, 5) is 12.0. The average molecular weight is 333 g/mol. The minimum atomic E-state index is -0.786. The number of carbonyl (C=O) groups excluding carboxylic acids is 1. The van der Waals surface area contributed by atoms with Gasteiger partial charge in [0.1, 0.15) is 11.6 Å². The molecule has 24 heavy (non-hydrogen) atoms. The molecule has 0 unspecified atom stereocenters. The van der Waals surface area contributed by atoms with Crippen LogP contribution in [0.1, 0.15) is 16.9 Å². The molecule has 124 valence electrons. The van der Waals surface area contributed by atoms with E-state index in [1.165, 1.54) is 12.1 Å². The van der Waals surface area contributed by atoms with Crippen LogP contribution < -0.4 is 5.32 Å². The summed E-state index contributed by atoms with van der Waals surface area (Å²) < 4.78 is 33.2. The molecule has 1 aromatic carbocycles. The molecule has 9 heteroatoms. The second-order valence-electron chi connectivity index (χ2n) is 4.98. The van der Waals surface area contributed by atoms with Crippen LogP contribution in [-0.4, -0.2) is 32.6 Å². The molecule has 7 nitrogen and oxygen atoms in total. The smallest absolute Gasteiger partial charge is 0.273 e. The lowest BCUT2D eigenvalue weighted by molar-refractivity contribution is 0.0943. The summed E-state index contributed by atoms with van der Waals surface area (Å²) in [7, 11) is 0. The van der Waals surface area contributed by atoms with Crippen LogP contribution in [0.4, 0.5) is 8.78 Å². The predicted octanol–water partition coefficient (Wildman–Crippen LogP) is 2.03. The first kappa shape index (κ1) is 15.8. The van der Waals surface area contributed by atoms with Gasteiger partial charge in [-0.15, -0.1) is 5.10 Å². The van der Waals surface area contributed by atoms with Crippen molar-refractivity contribution in [1.82, 2.24) is 25.5 Å². The highest BCUT2D eigenvalue weighted by Gasteiger charge is 2.16. The monoisotopic (exact) mass is 333 g/mol. The third-order valence-corrected chi connectivity index (χ3v) is 3.26. The minimum Gasteiger partial charge on any atom is -0.355 e. The fraction of sp³-hybridized carbons (Fsp3) is 0.200. The Morgan fingerprint density at radius 2 is 2.17 bits per heavy atom. The van der Waals surface area contributed by atoms with Crippen molar-refractivity contribution in [3.8, 4) is 11.3 Å². The van der Waals surface area contributed by atoms with Gasteiger partial charge < -0.3 is 9.84 Å². The Morgan fingerprint density at radius 1 is 1.29 bits per heavy atom. The molecule has 0 fully saturated rings. The standard InChI is InChI=1S/C15H13F2N5O2/c16-10-2-3-11(12(17)8-10)14-9-13(20-24-14)15(23)18-4-1-6-22-7-5-19-21-22/h2-3,5,7-9H,1,4,6H2,(H,18,23). The summed E-state index contributed by atoms with van der Waals surface area (Å²) in [6.45, 7) is 1.02. The molecule has 1 N–H and O–H groups in total. The number of nitrogens with one attached hydrogen (secondary N) is 1. The maximum atomic E-state index is 13.7. The van der Waals surface area contributed by atoms with Gasteiger partial charge in [-0.3, -0.25) is 9.48 Å². The molecule has 3 aromatic rings. The second kappa shape index (κ2) is 6.99. The molecule has 1 amide bonds. The third kappa shape index (κ3) is 3.62. The highest BCUT2D eigenvalue weighted by atomic mass is 19.1. The van der Waals surface area contributed by atoms with E-state index >= 15 is 0 Å². The van der Waals surface area contributed by atoms with Gasteiger partial charge >= 0.3 is 0 Å². The molecule has 0 aliphatic rings. The van der Waals surface area contributed by atoms with Crippen molar-refractivity contribution in [1.29, 1.82) is 0 Å². The number of benzene rings is 1. The second-order valence-corrected chi connectivity index (χ2v) is 4.98. The zero-order valence-electron chi connectivity index (χ0n) is 12.4. The van der Waals surface area contributed by atoms with Crippen molar-refractivity contribution < 1.29 is 18.1 Å². The van der Waals surface area contributed by atoms with Gasteiger partial charge in [0.15, 0.2) is 11.5 Å². The van der Waals surface area contributed by atoms with E-state index in [-0.39, 0.29) is 17.0 Å². The first-order valence-corrected chi connectivity index (χ1v) is 7.18. The molecule has 3 rings (SSSR count). The molecule has 0 aliphatic carbocycles. The summed E-state index contributed by atoms with van der Waals surface area (Å²) >= 11 is 0. The summed E-state index contributed by atoms with van der Waals surface area (Å²) in [5, 5.41) is 13.8. The summed E-state index contributed by atoms with van der Waals surface area (Å²) in [6.07, 6.45) is 3.96. The summed E-state index contributed by atoms with van der Waals surface area (Å²) in [5.74, 6) is -1.86. The summed E-state index contributed by atoms with van der Waals surface area (Å²) in [5.41, 5.74) is 0.0589. The lowest BCUT2D eigenvalue weighted by atomic mass is 10.1. The molecular weight excluding hydrogens is 320 g/mol. The number of halogens is 2. The molecule has 0 saturated carbocycles. The number of hydrogen-bond acceptors (Lipinski definition) is 5. The molecule has 0 bridgehead atoms. The first-order valence-electron chi connectivity index (χ1n) is 7.18. The van der Waals surface area contributed by atoms with Crippen LogP contribution in [0.15, 0.2) is 41.2 Å². The van der Waals surface area contributed by atoms with Crippen molar-refractivity contribution in [2.45, 2.75) is 13.0 Å². The maximum Gasteiger partial charge on any atom is 0.273 e. The van der Waals surface area contributed by atoms with Gasteiger partial charge in [-0.1, -0.05) is 10.4 Å². The topological polar surface area (TPSA) is 85.8 Å². The Kier molecular flexibility index (Phi) is 4.59. The van der Waals surface area contributed by atoms with E-state index in [1.54, 1.807) is 17.1 Å². The van der Waals surface area contributed by atoms with Crippen LogP contribution in [0.2, 0.25) is 0 Å². The number of aromatic nitrogens is 4. The van der Waals surface area contributed by atoms with Gasteiger partial charge in [-0.2, -0.15) is 0 Å². The van der Waals surface area contributed by atoms with Crippen molar-refractivity contribution in [3.05, 3.63) is 54.0 Å². The molecule has 0 aliphatic heterocycles. The Bertz CT molecular complexity index is 832. The van der Waals surface area contributed by atoms with Crippen LogP contribution in [0.5, 0.6) is 0 Å². The number of aryl methyl sites for hydroxylation is 1. The van der Waals surface area contributed by atoms with Crippen molar-refractivity contribution in [3.63, 3.8) is 0 Å². The Balaban J connectivity index is 1.57. The molecule has 0 saturated heterocycles. The van der Waals surface area contributed by atoms with Crippen LogP contribution in [0, 0.1) is 11.6 Å². The Hall–Kier alpha value is -3.10. The minimum absolute atomic E-state index is 0.0227. The average Bonchev–Trinajstić information content (AvgIpc) is 3.23. The van der Waals surface area contributed by atoms with Gasteiger partial charge in [0.05, 0.1) is 11.8 Å². The fourth-order valence-corrected chi connectivity index (χ4v) is 2.08. The molecule has 2 aromatic heterocycles. The number of amides is 1. The maximum absolute atomic E-state index is 13.7. The van der Waals surface area contributed by atoms with Gasteiger partial charge in [0, 0.05) is 31.4 Å². The van der Waals surface area contributed by atoms with Crippen LogP contribution in [0.3, 0.4) is 0 Å². The third-order valence-electron chi connectivity index (χ3n) is 3.26. The van der Waals surface area contributed by atoms with Gasteiger partial charge in [-0.25, -0.2) is 8.78 Å². The van der Waals surface area contributed by atoms with E-state index in [9.17, 15) is 13.6 Å². The van der Waals surface area contributed by atoms with E-state index in [0.29, 0.717) is 19.5 Å². The van der Waals surface area contributed by atoms with Crippen LogP contribution in [0.25, 0.3) is 11.3 Å². The lowest BCUT2D eigenvalue weighted by Crippen LogP contribution is -2.25. The highest BCUT2D eigenvalue weighted by Crippen LogP contribution is 2.24. The first-order chi connectivity index (χ1) is 11.6.